The second-order valence-electron chi connectivity index (χ2n) is 11.8. The molecule has 3 heterocycles. The van der Waals surface area contributed by atoms with Gasteiger partial charge in [0.2, 0.25) is 5.91 Å². The number of rotatable bonds is 4. The number of fused-ring (bicyclic) bond motifs is 1. The van der Waals surface area contributed by atoms with Gasteiger partial charge in [-0.2, -0.15) is 0 Å². The predicted octanol–water partition coefficient (Wildman–Crippen LogP) is 5.17. The molecule has 0 aromatic heterocycles. The van der Waals surface area contributed by atoms with Crippen LogP contribution in [0.15, 0.2) is 42.5 Å². The van der Waals surface area contributed by atoms with Crippen molar-refractivity contribution in [2.24, 2.45) is 5.41 Å². The van der Waals surface area contributed by atoms with Crippen LogP contribution < -0.4 is 9.47 Å². The van der Waals surface area contributed by atoms with Gasteiger partial charge in [-0.3, -0.25) is 14.5 Å². The lowest BCUT2D eigenvalue weighted by Gasteiger charge is -2.42. The largest absolute Gasteiger partial charge is 0.496 e. The predicted molar refractivity (Wildman–Crippen MR) is 157 cm³/mol. The minimum absolute atomic E-state index is 0.0526. The van der Waals surface area contributed by atoms with Gasteiger partial charge in [0.25, 0.3) is 5.91 Å². The number of likely N-dealkylation sites (tertiary alicyclic amines) is 2. The first kappa shape index (κ1) is 28.5. The summed E-state index contributed by atoms with van der Waals surface area (Å²) in [6.07, 6.45) is 8.94. The second-order valence-corrected chi connectivity index (χ2v) is 11.8. The normalized spacial score (nSPS) is 20.7. The van der Waals surface area contributed by atoms with Crippen molar-refractivity contribution in [1.29, 1.82) is 0 Å². The summed E-state index contributed by atoms with van der Waals surface area (Å²) in [7, 11) is 3.59. The molecule has 0 N–H and O–H groups in total. The zero-order chi connectivity index (χ0) is 28.0. The monoisotopic (exact) mass is 547 g/mol. The number of aryl methyl sites for hydroxylation is 1. The number of carbonyl (C=O) groups is 2. The molecule has 2 amide bonds. The molecule has 7 heteroatoms. The number of hydrogen-bond acceptors (Lipinski definition) is 5. The van der Waals surface area contributed by atoms with Gasteiger partial charge < -0.3 is 19.3 Å². The molecule has 0 bridgehead atoms. The van der Waals surface area contributed by atoms with Gasteiger partial charge in [-0.1, -0.05) is 31.0 Å². The van der Waals surface area contributed by atoms with E-state index in [2.05, 4.69) is 17.0 Å². The van der Waals surface area contributed by atoms with Crippen LogP contribution in [0.1, 0.15) is 72.9 Å². The van der Waals surface area contributed by atoms with Crippen molar-refractivity contribution in [2.45, 2.75) is 64.3 Å². The lowest BCUT2D eigenvalue weighted by molar-refractivity contribution is -0.144. The number of carbonyl (C=O) groups excluding carboxylic acids is 2. The fraction of sp³-hybridized carbons (Fsp3) is 0.576. The van der Waals surface area contributed by atoms with Gasteiger partial charge in [0.1, 0.15) is 18.1 Å². The van der Waals surface area contributed by atoms with Gasteiger partial charge in [0.15, 0.2) is 0 Å². The molecular formula is C33H45N3O4. The molecule has 3 aliphatic heterocycles. The Hall–Kier alpha value is -3.06. The molecule has 5 rings (SSSR count). The zero-order valence-corrected chi connectivity index (χ0v) is 24.3. The second kappa shape index (κ2) is 13.1. The van der Waals surface area contributed by atoms with Crippen LogP contribution in [0.5, 0.6) is 11.5 Å². The number of nitrogens with zero attached hydrogens (tertiary/aromatic N) is 3. The molecule has 0 aliphatic carbocycles. The van der Waals surface area contributed by atoms with Gasteiger partial charge in [-0.05, 0) is 87.9 Å². The first-order chi connectivity index (χ1) is 19.5. The number of para-hydroxylation sites is 1. The summed E-state index contributed by atoms with van der Waals surface area (Å²) in [5, 5.41) is 0. The summed E-state index contributed by atoms with van der Waals surface area (Å²) >= 11 is 0. The highest BCUT2D eigenvalue weighted by Crippen LogP contribution is 2.39. The van der Waals surface area contributed by atoms with E-state index in [1.165, 1.54) is 18.4 Å². The third-order valence-corrected chi connectivity index (χ3v) is 9.19. The molecule has 7 nitrogen and oxygen atoms in total. The highest BCUT2D eigenvalue weighted by atomic mass is 16.5. The van der Waals surface area contributed by atoms with Gasteiger partial charge >= 0.3 is 0 Å². The Morgan fingerprint density at radius 2 is 1.70 bits per heavy atom. The topological polar surface area (TPSA) is 62.3 Å². The Bertz CT molecular complexity index is 1170. The maximum atomic E-state index is 13.8. The van der Waals surface area contributed by atoms with Crippen LogP contribution in [0.25, 0.3) is 0 Å². The van der Waals surface area contributed by atoms with E-state index < -0.39 is 5.41 Å². The summed E-state index contributed by atoms with van der Waals surface area (Å²) in [5.74, 6) is 2.03. The van der Waals surface area contributed by atoms with E-state index in [0.29, 0.717) is 44.6 Å². The van der Waals surface area contributed by atoms with E-state index in [4.69, 9.17) is 9.47 Å². The number of methoxy groups -OCH3 is 1. The molecule has 216 valence electrons. The Kier molecular flexibility index (Phi) is 9.30. The number of hydrogen-bond donors (Lipinski definition) is 0. The van der Waals surface area contributed by atoms with Gasteiger partial charge in [0, 0.05) is 37.8 Å². The fourth-order valence-electron chi connectivity index (χ4n) is 6.71. The van der Waals surface area contributed by atoms with E-state index in [0.717, 1.165) is 68.8 Å². The fourth-order valence-corrected chi connectivity index (χ4v) is 6.71. The Labute approximate surface area is 239 Å². The van der Waals surface area contributed by atoms with Crippen molar-refractivity contribution in [3.63, 3.8) is 0 Å². The van der Waals surface area contributed by atoms with E-state index >= 15 is 0 Å². The summed E-state index contributed by atoms with van der Waals surface area (Å²) in [5.41, 5.74) is 2.62. The standard InChI is InChI=1S/C33H45N3O4/c1-34-22-23-40-30-12-6-5-11-26(30)10-4-3-7-15-33(32(34)38)16-20-36(21-17-33)31(37)27-13-14-29(39-2)28(24-27)25-35-18-8-9-19-35/h5-6,11-14,24H,3-4,7-10,15-23,25H2,1-2H3. The number of ether oxygens (including phenoxy) is 2. The van der Waals surface area contributed by atoms with Crippen LogP contribution in [0, 0.1) is 5.41 Å². The Balaban J connectivity index is 1.25. The van der Waals surface area contributed by atoms with E-state index in [1.54, 1.807) is 7.11 Å². The molecular weight excluding hydrogens is 502 g/mol. The maximum Gasteiger partial charge on any atom is 0.253 e. The average molecular weight is 548 g/mol. The third-order valence-electron chi connectivity index (χ3n) is 9.19. The SMILES string of the molecule is COc1ccc(C(=O)N2CCC3(CCCCCc4ccccc4OCCN(C)C3=O)CC2)cc1CN1CCCC1. The lowest BCUT2D eigenvalue weighted by Crippen LogP contribution is -2.51. The molecule has 0 saturated carbocycles. The van der Waals surface area contributed by atoms with Crippen LogP contribution in [0.4, 0.5) is 0 Å². The van der Waals surface area contributed by atoms with Crippen molar-refractivity contribution >= 4 is 11.8 Å². The smallest absolute Gasteiger partial charge is 0.253 e. The molecule has 2 fully saturated rings. The molecule has 0 atom stereocenters. The van der Waals surface area contributed by atoms with Crippen molar-refractivity contribution in [3.05, 3.63) is 59.2 Å². The van der Waals surface area contributed by atoms with Crippen molar-refractivity contribution < 1.29 is 19.1 Å². The van der Waals surface area contributed by atoms with Crippen molar-refractivity contribution in [1.82, 2.24) is 14.7 Å². The Morgan fingerprint density at radius 1 is 0.925 bits per heavy atom. The number of likely N-dealkylation sites (N-methyl/N-ethyl adjacent to an activating group) is 1. The summed E-state index contributed by atoms with van der Waals surface area (Å²) < 4.78 is 11.7. The molecule has 2 saturated heterocycles. The van der Waals surface area contributed by atoms with E-state index in [-0.39, 0.29) is 11.8 Å². The molecule has 2 aromatic carbocycles. The Morgan fingerprint density at radius 3 is 2.48 bits per heavy atom. The molecule has 2 aromatic rings. The number of piperidine rings is 1. The highest BCUT2D eigenvalue weighted by molar-refractivity contribution is 5.95. The van der Waals surface area contributed by atoms with Crippen LogP contribution in [0.2, 0.25) is 0 Å². The molecule has 40 heavy (non-hydrogen) atoms. The molecule has 3 aliphatic rings. The molecule has 1 spiro atoms. The van der Waals surface area contributed by atoms with Gasteiger partial charge in [0.05, 0.1) is 19.1 Å². The minimum Gasteiger partial charge on any atom is -0.496 e. The van der Waals surface area contributed by atoms with Crippen molar-refractivity contribution in [2.75, 3.05) is 53.5 Å². The van der Waals surface area contributed by atoms with Crippen LogP contribution in [-0.4, -0.2) is 80.0 Å². The van der Waals surface area contributed by atoms with Gasteiger partial charge in [-0.15, -0.1) is 0 Å². The molecule has 0 unspecified atom stereocenters. The number of benzene rings is 2. The molecule has 0 radical (unpaired) electrons. The average Bonchev–Trinajstić information content (AvgIpc) is 3.50. The number of amides is 2. The highest BCUT2D eigenvalue weighted by Gasteiger charge is 2.43. The van der Waals surface area contributed by atoms with Crippen LogP contribution in [0.3, 0.4) is 0 Å². The van der Waals surface area contributed by atoms with Crippen LogP contribution in [-0.2, 0) is 17.8 Å². The first-order valence-corrected chi connectivity index (χ1v) is 15.1. The quantitative estimate of drug-likeness (QED) is 0.529. The first-order valence-electron chi connectivity index (χ1n) is 15.1. The lowest BCUT2D eigenvalue weighted by atomic mass is 9.73. The van der Waals surface area contributed by atoms with E-state index in [9.17, 15) is 9.59 Å². The van der Waals surface area contributed by atoms with Crippen LogP contribution >= 0.6 is 0 Å². The summed E-state index contributed by atoms with van der Waals surface area (Å²) in [6.45, 7) is 5.25. The van der Waals surface area contributed by atoms with Gasteiger partial charge in [-0.25, -0.2) is 0 Å². The minimum atomic E-state index is -0.409. The maximum absolute atomic E-state index is 13.8. The van der Waals surface area contributed by atoms with E-state index in [1.807, 2.05) is 47.2 Å². The zero-order valence-electron chi connectivity index (χ0n) is 24.3. The van der Waals surface area contributed by atoms with Crippen molar-refractivity contribution in [3.8, 4) is 11.5 Å². The summed E-state index contributed by atoms with van der Waals surface area (Å²) in [4.78, 5) is 33.7. The summed E-state index contributed by atoms with van der Waals surface area (Å²) in [6, 6.07) is 14.1. The third kappa shape index (κ3) is 6.46.